The lowest BCUT2D eigenvalue weighted by Crippen LogP contribution is -2.35. The van der Waals surface area contributed by atoms with Crippen molar-refractivity contribution in [3.05, 3.63) is 82.4 Å². The molecule has 1 aliphatic heterocycles. The van der Waals surface area contributed by atoms with Gasteiger partial charge in [0.05, 0.1) is 24.8 Å². The second-order valence-corrected chi connectivity index (χ2v) is 8.09. The van der Waals surface area contributed by atoms with Crippen molar-refractivity contribution in [2.45, 2.75) is 25.8 Å². The fourth-order valence-electron chi connectivity index (χ4n) is 3.58. The molecule has 1 aliphatic rings. The maximum absolute atomic E-state index is 13.3. The normalized spacial score (nSPS) is 13.1. The molecule has 0 fully saturated rings. The molecule has 2 heterocycles. The maximum Gasteiger partial charge on any atom is 0.410 e. The third kappa shape index (κ3) is 4.36. The minimum Gasteiger partial charge on any atom is -0.450 e. The molecule has 0 saturated carbocycles. The predicted octanol–water partition coefficient (Wildman–Crippen LogP) is 4.43. The lowest BCUT2D eigenvalue weighted by molar-refractivity contribution is -0.116. The summed E-state index contributed by atoms with van der Waals surface area (Å²) in [5.41, 5.74) is 2.79. The first-order valence-electron chi connectivity index (χ1n) is 9.96. The molecule has 0 saturated heterocycles. The van der Waals surface area contributed by atoms with Crippen molar-refractivity contribution in [1.82, 2.24) is 9.88 Å². The molecular formula is C23H23N3O3S. The number of ether oxygens (including phenoxy) is 1. The van der Waals surface area contributed by atoms with Crippen LogP contribution >= 0.6 is 11.3 Å². The Morgan fingerprint density at radius 2 is 1.73 bits per heavy atom. The number of hydrogen-bond acceptors (Lipinski definition) is 5. The topological polar surface area (TPSA) is 71.5 Å². The molecule has 0 radical (unpaired) electrons. The average molecular weight is 422 g/mol. The summed E-state index contributed by atoms with van der Waals surface area (Å²) in [6, 6.07) is 19.5. The smallest absolute Gasteiger partial charge is 0.410 e. The predicted molar refractivity (Wildman–Crippen MR) is 117 cm³/mol. The van der Waals surface area contributed by atoms with Crippen molar-refractivity contribution < 1.29 is 14.3 Å². The van der Waals surface area contributed by atoms with Crippen LogP contribution in [-0.2, 0) is 22.5 Å². The van der Waals surface area contributed by atoms with Crippen LogP contribution in [0.4, 0.5) is 9.93 Å². The van der Waals surface area contributed by atoms with E-state index in [-0.39, 0.29) is 12.0 Å². The number of anilines is 1. The van der Waals surface area contributed by atoms with E-state index in [1.165, 1.54) is 11.3 Å². The molecule has 6 nitrogen and oxygen atoms in total. The number of fused-ring (bicyclic) bond motifs is 1. The Labute approximate surface area is 179 Å². The van der Waals surface area contributed by atoms with Gasteiger partial charge in [0.1, 0.15) is 0 Å². The van der Waals surface area contributed by atoms with Crippen LogP contribution in [0.5, 0.6) is 0 Å². The highest BCUT2D eigenvalue weighted by Gasteiger charge is 2.27. The molecule has 154 valence electrons. The fourth-order valence-corrected chi connectivity index (χ4v) is 4.61. The molecule has 0 spiro atoms. The van der Waals surface area contributed by atoms with Crippen LogP contribution in [0.25, 0.3) is 0 Å². The number of thiazole rings is 1. The molecule has 7 heteroatoms. The van der Waals surface area contributed by atoms with Crippen molar-refractivity contribution in [3.63, 3.8) is 0 Å². The average Bonchev–Trinajstić information content (AvgIpc) is 3.17. The second-order valence-electron chi connectivity index (χ2n) is 7.00. The number of hydrogen-bond donors (Lipinski definition) is 1. The Balaban J connectivity index is 1.54. The lowest BCUT2D eigenvalue weighted by atomic mass is 9.90. The van der Waals surface area contributed by atoms with Crippen molar-refractivity contribution in [1.29, 1.82) is 0 Å². The first kappa shape index (κ1) is 20.1. The van der Waals surface area contributed by atoms with Crippen LogP contribution in [0.3, 0.4) is 0 Å². The van der Waals surface area contributed by atoms with Gasteiger partial charge < -0.3 is 15.0 Å². The number of carbonyl (C=O) groups excluding carboxylic acids is 2. The van der Waals surface area contributed by atoms with Gasteiger partial charge in [-0.2, -0.15) is 0 Å². The van der Waals surface area contributed by atoms with Crippen molar-refractivity contribution in [2.24, 2.45) is 0 Å². The van der Waals surface area contributed by atoms with E-state index in [0.29, 0.717) is 31.2 Å². The molecule has 0 aliphatic carbocycles. The van der Waals surface area contributed by atoms with Crippen LogP contribution in [0, 0.1) is 0 Å². The van der Waals surface area contributed by atoms with Gasteiger partial charge in [0, 0.05) is 17.8 Å². The van der Waals surface area contributed by atoms with Crippen LogP contribution in [0.15, 0.2) is 60.7 Å². The molecule has 4 rings (SSSR count). The van der Waals surface area contributed by atoms with E-state index in [2.05, 4.69) is 10.3 Å². The molecule has 2 aromatic carbocycles. The third-order valence-corrected chi connectivity index (χ3v) is 6.01. The summed E-state index contributed by atoms with van der Waals surface area (Å²) in [5, 5.41) is 3.56. The molecular weight excluding hydrogens is 398 g/mol. The van der Waals surface area contributed by atoms with Crippen LogP contribution < -0.4 is 5.32 Å². The minimum absolute atomic E-state index is 0.124. The van der Waals surface area contributed by atoms with E-state index >= 15 is 0 Å². The maximum atomic E-state index is 13.3. The summed E-state index contributed by atoms with van der Waals surface area (Å²) in [6.07, 6.45) is 0.344. The zero-order valence-electron chi connectivity index (χ0n) is 16.7. The van der Waals surface area contributed by atoms with Crippen molar-refractivity contribution in [3.8, 4) is 0 Å². The van der Waals surface area contributed by atoms with Gasteiger partial charge in [-0.1, -0.05) is 72.0 Å². The molecule has 1 aromatic heterocycles. The van der Waals surface area contributed by atoms with Gasteiger partial charge in [0.15, 0.2) is 5.13 Å². The number of nitrogens with zero attached hydrogens (tertiary/aromatic N) is 2. The Morgan fingerprint density at radius 3 is 2.33 bits per heavy atom. The van der Waals surface area contributed by atoms with Gasteiger partial charge in [0.2, 0.25) is 5.91 Å². The SMILES string of the molecule is CCOC(=O)N1CCc2nc(NC(=O)C(c3ccccc3)c3ccccc3)sc2C1. The highest BCUT2D eigenvalue weighted by molar-refractivity contribution is 7.15. The number of rotatable bonds is 5. The summed E-state index contributed by atoms with van der Waals surface area (Å²) in [5.74, 6) is -0.551. The van der Waals surface area contributed by atoms with Gasteiger partial charge in [-0.05, 0) is 18.1 Å². The number of aromatic nitrogens is 1. The zero-order chi connectivity index (χ0) is 20.9. The molecule has 0 atom stereocenters. The minimum atomic E-state index is -0.427. The summed E-state index contributed by atoms with van der Waals surface area (Å²) in [4.78, 5) is 32.5. The van der Waals surface area contributed by atoms with Crippen molar-refractivity contribution >= 4 is 28.5 Å². The third-order valence-electron chi connectivity index (χ3n) is 5.02. The van der Waals surface area contributed by atoms with Crippen LogP contribution in [0.1, 0.15) is 34.5 Å². The Kier molecular flexibility index (Phi) is 6.09. The van der Waals surface area contributed by atoms with Gasteiger partial charge >= 0.3 is 6.09 Å². The number of amides is 2. The molecule has 0 unspecified atom stereocenters. The summed E-state index contributed by atoms with van der Waals surface area (Å²) >= 11 is 1.42. The highest BCUT2D eigenvalue weighted by atomic mass is 32.1. The lowest BCUT2D eigenvalue weighted by Gasteiger charge is -2.24. The Hall–Kier alpha value is -3.19. The quantitative estimate of drug-likeness (QED) is 0.662. The Bertz CT molecular complexity index is 981. The van der Waals surface area contributed by atoms with Crippen LogP contribution in [0.2, 0.25) is 0 Å². The number of benzene rings is 2. The van der Waals surface area contributed by atoms with Crippen molar-refractivity contribution in [2.75, 3.05) is 18.5 Å². The molecule has 2 amide bonds. The largest absolute Gasteiger partial charge is 0.450 e. The standard InChI is InChI=1S/C23H23N3O3S/c1-2-29-23(28)26-14-13-18-19(15-26)30-22(24-18)25-21(27)20(16-9-5-3-6-10-16)17-11-7-4-8-12-17/h3-12,20H,2,13-15H2,1H3,(H,24,25,27). The van der Waals surface area contributed by atoms with E-state index in [4.69, 9.17) is 4.74 Å². The van der Waals surface area contributed by atoms with Gasteiger partial charge in [-0.3, -0.25) is 4.79 Å². The van der Waals surface area contributed by atoms with E-state index < -0.39 is 5.92 Å². The first-order chi connectivity index (χ1) is 14.7. The molecule has 1 N–H and O–H groups in total. The summed E-state index contributed by atoms with van der Waals surface area (Å²) in [7, 11) is 0. The van der Waals surface area contributed by atoms with Gasteiger partial charge in [-0.25, -0.2) is 9.78 Å². The second kappa shape index (κ2) is 9.09. The van der Waals surface area contributed by atoms with E-state index in [1.54, 1.807) is 11.8 Å². The molecule has 0 bridgehead atoms. The number of carbonyl (C=O) groups is 2. The van der Waals surface area contributed by atoms with E-state index in [0.717, 1.165) is 21.7 Å². The van der Waals surface area contributed by atoms with Gasteiger partial charge in [0.25, 0.3) is 0 Å². The van der Waals surface area contributed by atoms with Gasteiger partial charge in [-0.15, -0.1) is 0 Å². The van der Waals surface area contributed by atoms with Crippen LogP contribution in [-0.4, -0.2) is 35.0 Å². The van der Waals surface area contributed by atoms with E-state index in [1.807, 2.05) is 60.7 Å². The zero-order valence-corrected chi connectivity index (χ0v) is 17.5. The summed E-state index contributed by atoms with van der Waals surface area (Å²) in [6.45, 7) is 3.18. The fraction of sp³-hybridized carbons (Fsp3) is 0.261. The Morgan fingerprint density at radius 1 is 1.10 bits per heavy atom. The number of nitrogens with one attached hydrogen (secondary N) is 1. The summed E-state index contributed by atoms with van der Waals surface area (Å²) < 4.78 is 5.10. The first-order valence-corrected chi connectivity index (χ1v) is 10.8. The highest BCUT2D eigenvalue weighted by Crippen LogP contribution is 2.31. The molecule has 3 aromatic rings. The monoisotopic (exact) mass is 421 g/mol. The van der Waals surface area contributed by atoms with E-state index in [9.17, 15) is 9.59 Å². The molecule has 30 heavy (non-hydrogen) atoms.